The lowest BCUT2D eigenvalue weighted by Crippen LogP contribution is -2.46. The Morgan fingerprint density at radius 1 is 1.35 bits per heavy atom. The van der Waals surface area contributed by atoms with Crippen LogP contribution < -0.4 is 10.6 Å². The fraction of sp³-hybridized carbons (Fsp3) is 0.429. The second kappa shape index (κ2) is 7.83. The molecule has 20 heavy (non-hydrogen) atoms. The van der Waals surface area contributed by atoms with Gasteiger partial charge in [-0.25, -0.2) is 0 Å². The Labute approximate surface area is 137 Å². The first-order valence-corrected chi connectivity index (χ1v) is 7.78. The van der Waals surface area contributed by atoms with Gasteiger partial charge >= 0.3 is 0 Å². The minimum absolute atomic E-state index is 0.191. The van der Waals surface area contributed by atoms with Crippen molar-refractivity contribution in [3.8, 4) is 0 Å². The average Bonchev–Trinajstić information content (AvgIpc) is 2.39. The molecule has 1 unspecified atom stereocenters. The molecule has 0 aliphatic heterocycles. The zero-order valence-corrected chi connectivity index (χ0v) is 14.6. The minimum atomic E-state index is -0.537. The molecule has 1 aromatic carbocycles. The number of amides is 2. The van der Waals surface area contributed by atoms with E-state index in [1.807, 2.05) is 13.8 Å². The standard InChI is InChI=1S/C14H18ClIN2O2/c1-8(2)6-12(14(20)17-3)18-13(19)9-4-5-11(16)10(15)7-9/h4-5,7-8,12H,6H2,1-3H3,(H,17,20)(H,18,19). The molecule has 0 radical (unpaired) electrons. The fourth-order valence-corrected chi connectivity index (χ4v) is 2.27. The predicted molar refractivity (Wildman–Crippen MR) is 88.9 cm³/mol. The van der Waals surface area contributed by atoms with E-state index >= 15 is 0 Å². The molecule has 0 heterocycles. The van der Waals surface area contributed by atoms with Crippen molar-refractivity contribution in [3.05, 3.63) is 32.4 Å². The number of hydrogen-bond donors (Lipinski definition) is 2. The zero-order valence-electron chi connectivity index (χ0n) is 11.7. The van der Waals surface area contributed by atoms with E-state index in [1.54, 1.807) is 25.2 Å². The van der Waals surface area contributed by atoms with Gasteiger partial charge in [0.25, 0.3) is 5.91 Å². The smallest absolute Gasteiger partial charge is 0.251 e. The van der Waals surface area contributed by atoms with Gasteiger partial charge in [0.1, 0.15) is 6.04 Å². The topological polar surface area (TPSA) is 58.2 Å². The largest absolute Gasteiger partial charge is 0.357 e. The van der Waals surface area contributed by atoms with Gasteiger partial charge in [0.2, 0.25) is 5.91 Å². The van der Waals surface area contributed by atoms with E-state index in [0.717, 1.165) is 3.57 Å². The van der Waals surface area contributed by atoms with Gasteiger partial charge in [0.05, 0.1) is 5.02 Å². The molecule has 0 saturated heterocycles. The van der Waals surface area contributed by atoms with Crippen LogP contribution in [-0.2, 0) is 4.79 Å². The molecule has 1 aromatic rings. The number of halogens is 2. The van der Waals surface area contributed by atoms with Crippen LogP contribution in [0, 0.1) is 9.49 Å². The normalized spacial score (nSPS) is 12.1. The fourth-order valence-electron chi connectivity index (χ4n) is 1.76. The van der Waals surface area contributed by atoms with E-state index in [9.17, 15) is 9.59 Å². The van der Waals surface area contributed by atoms with E-state index < -0.39 is 6.04 Å². The van der Waals surface area contributed by atoms with E-state index in [-0.39, 0.29) is 11.8 Å². The van der Waals surface area contributed by atoms with Gasteiger partial charge in [-0.1, -0.05) is 25.4 Å². The molecular weight excluding hydrogens is 391 g/mol. The molecule has 6 heteroatoms. The van der Waals surface area contributed by atoms with Gasteiger partial charge in [-0.2, -0.15) is 0 Å². The second-order valence-corrected chi connectivity index (χ2v) is 6.47. The lowest BCUT2D eigenvalue weighted by atomic mass is 10.0. The Kier molecular flexibility index (Phi) is 6.75. The van der Waals surface area contributed by atoms with E-state index in [4.69, 9.17) is 11.6 Å². The quantitative estimate of drug-likeness (QED) is 0.736. The number of carbonyl (C=O) groups is 2. The van der Waals surface area contributed by atoms with Crippen LogP contribution in [0.5, 0.6) is 0 Å². The van der Waals surface area contributed by atoms with Crippen LogP contribution in [-0.4, -0.2) is 24.9 Å². The predicted octanol–water partition coefficient (Wildman–Crippen LogP) is 2.84. The Bertz CT molecular complexity index is 506. The second-order valence-electron chi connectivity index (χ2n) is 4.90. The maximum absolute atomic E-state index is 12.2. The van der Waals surface area contributed by atoms with Crippen LogP contribution >= 0.6 is 34.2 Å². The summed E-state index contributed by atoms with van der Waals surface area (Å²) in [5.74, 6) is -0.181. The molecule has 0 fully saturated rings. The van der Waals surface area contributed by atoms with Gasteiger partial charge in [-0.05, 0) is 53.1 Å². The first-order chi connectivity index (χ1) is 9.35. The lowest BCUT2D eigenvalue weighted by molar-refractivity contribution is -0.122. The minimum Gasteiger partial charge on any atom is -0.357 e. The third-order valence-corrected chi connectivity index (χ3v) is 4.33. The van der Waals surface area contributed by atoms with Gasteiger partial charge in [-0.3, -0.25) is 9.59 Å². The Morgan fingerprint density at radius 3 is 2.50 bits per heavy atom. The van der Waals surface area contributed by atoms with Gasteiger partial charge in [0, 0.05) is 16.2 Å². The van der Waals surface area contributed by atoms with Crippen LogP contribution in [0.1, 0.15) is 30.6 Å². The Balaban J connectivity index is 2.84. The molecular formula is C14H18ClIN2O2. The van der Waals surface area contributed by atoms with Crippen LogP contribution in [0.25, 0.3) is 0 Å². The van der Waals surface area contributed by atoms with Gasteiger partial charge in [-0.15, -0.1) is 0 Å². The highest BCUT2D eigenvalue weighted by Crippen LogP contribution is 2.19. The monoisotopic (exact) mass is 408 g/mol. The third-order valence-electron chi connectivity index (χ3n) is 2.76. The van der Waals surface area contributed by atoms with Gasteiger partial charge in [0.15, 0.2) is 0 Å². The molecule has 0 aromatic heterocycles. The van der Waals surface area contributed by atoms with Crippen molar-refractivity contribution in [3.63, 3.8) is 0 Å². The Morgan fingerprint density at radius 2 is 2.00 bits per heavy atom. The zero-order chi connectivity index (χ0) is 15.3. The van der Waals surface area contributed by atoms with E-state index in [0.29, 0.717) is 22.9 Å². The summed E-state index contributed by atoms with van der Waals surface area (Å²) in [6, 6.07) is 4.54. The Hall–Kier alpha value is -0.820. The number of likely N-dealkylation sites (N-methyl/N-ethyl adjacent to an activating group) is 1. The maximum Gasteiger partial charge on any atom is 0.251 e. The first-order valence-electron chi connectivity index (χ1n) is 6.32. The summed E-state index contributed by atoms with van der Waals surface area (Å²) in [5.41, 5.74) is 0.452. The first kappa shape index (κ1) is 17.2. The molecule has 0 spiro atoms. The van der Waals surface area contributed by atoms with Crippen molar-refractivity contribution >= 4 is 46.0 Å². The van der Waals surface area contributed by atoms with Gasteiger partial charge < -0.3 is 10.6 Å². The summed E-state index contributed by atoms with van der Waals surface area (Å²) >= 11 is 8.10. The molecule has 4 nitrogen and oxygen atoms in total. The van der Waals surface area contributed by atoms with Crippen LogP contribution in [0.15, 0.2) is 18.2 Å². The molecule has 2 amide bonds. The highest BCUT2D eigenvalue weighted by molar-refractivity contribution is 14.1. The molecule has 1 rings (SSSR count). The molecule has 1 atom stereocenters. The van der Waals surface area contributed by atoms with E-state index in [1.165, 1.54) is 0 Å². The van der Waals surface area contributed by atoms with Crippen molar-refractivity contribution in [1.29, 1.82) is 0 Å². The molecule has 0 bridgehead atoms. The summed E-state index contributed by atoms with van der Waals surface area (Å²) in [5, 5.41) is 5.84. The summed E-state index contributed by atoms with van der Waals surface area (Å²) < 4.78 is 0.880. The summed E-state index contributed by atoms with van der Waals surface area (Å²) in [4.78, 5) is 24.0. The van der Waals surface area contributed by atoms with Crippen molar-refractivity contribution in [2.24, 2.45) is 5.92 Å². The average molecular weight is 409 g/mol. The number of rotatable bonds is 5. The lowest BCUT2D eigenvalue weighted by Gasteiger charge is -2.19. The van der Waals surface area contributed by atoms with Crippen molar-refractivity contribution in [2.45, 2.75) is 26.3 Å². The van der Waals surface area contributed by atoms with Crippen LogP contribution in [0.3, 0.4) is 0 Å². The van der Waals surface area contributed by atoms with Crippen LogP contribution in [0.4, 0.5) is 0 Å². The SMILES string of the molecule is CNC(=O)C(CC(C)C)NC(=O)c1ccc(I)c(Cl)c1. The number of benzene rings is 1. The number of nitrogens with one attached hydrogen (secondary N) is 2. The highest BCUT2D eigenvalue weighted by atomic mass is 127. The summed E-state index contributed by atoms with van der Waals surface area (Å²) in [6.45, 7) is 4.01. The third kappa shape index (κ3) is 4.94. The van der Waals surface area contributed by atoms with Crippen molar-refractivity contribution in [1.82, 2.24) is 10.6 Å². The maximum atomic E-state index is 12.2. The molecule has 110 valence electrons. The van der Waals surface area contributed by atoms with Crippen molar-refractivity contribution < 1.29 is 9.59 Å². The molecule has 2 N–H and O–H groups in total. The summed E-state index contributed by atoms with van der Waals surface area (Å²) in [7, 11) is 1.56. The number of carbonyl (C=O) groups excluding carboxylic acids is 2. The molecule has 0 aliphatic rings. The van der Waals surface area contributed by atoms with E-state index in [2.05, 4.69) is 33.2 Å². The highest BCUT2D eigenvalue weighted by Gasteiger charge is 2.21. The van der Waals surface area contributed by atoms with Crippen molar-refractivity contribution in [2.75, 3.05) is 7.05 Å². The molecule has 0 saturated carbocycles. The molecule has 0 aliphatic carbocycles. The van der Waals surface area contributed by atoms with Crippen LogP contribution in [0.2, 0.25) is 5.02 Å². The summed E-state index contributed by atoms with van der Waals surface area (Å²) in [6.07, 6.45) is 0.587. The number of hydrogen-bond acceptors (Lipinski definition) is 2.